The quantitative estimate of drug-likeness (QED) is 0.517. The third-order valence-corrected chi connectivity index (χ3v) is 5.98. The van der Waals surface area contributed by atoms with Gasteiger partial charge in [-0.1, -0.05) is 12.1 Å². The number of amides is 1. The summed E-state index contributed by atoms with van der Waals surface area (Å²) >= 11 is 0. The Morgan fingerprint density at radius 1 is 1.15 bits per heavy atom. The number of nitriles is 1. The van der Waals surface area contributed by atoms with Gasteiger partial charge in [0.05, 0.1) is 17.9 Å². The van der Waals surface area contributed by atoms with Crippen molar-refractivity contribution < 1.29 is 9.53 Å². The van der Waals surface area contributed by atoms with Gasteiger partial charge in [0.15, 0.2) is 0 Å². The van der Waals surface area contributed by atoms with E-state index >= 15 is 0 Å². The van der Waals surface area contributed by atoms with E-state index in [-0.39, 0.29) is 12.5 Å². The number of aromatic nitrogens is 2. The molecule has 0 unspecified atom stereocenters. The largest absolute Gasteiger partial charge is 0.381 e. The van der Waals surface area contributed by atoms with Gasteiger partial charge >= 0.3 is 0 Å². The number of rotatable bonds is 7. The predicted octanol–water partition coefficient (Wildman–Crippen LogP) is 4.06. The maximum atomic E-state index is 12.0. The number of ether oxygens (including phenoxy) is 1. The number of aryl methyl sites for hydroxylation is 1. The van der Waals surface area contributed by atoms with Crippen LogP contribution in [0.15, 0.2) is 54.7 Å². The number of benzene rings is 2. The highest BCUT2D eigenvalue weighted by atomic mass is 16.5. The van der Waals surface area contributed by atoms with Crippen molar-refractivity contribution in [2.45, 2.75) is 25.9 Å². The molecule has 2 N–H and O–H groups in total. The molecule has 8 nitrogen and oxygen atoms in total. The topological polar surface area (TPSA) is 103 Å². The van der Waals surface area contributed by atoms with Gasteiger partial charge in [-0.25, -0.2) is 9.97 Å². The molecular weight excluding hydrogens is 428 g/mol. The van der Waals surface area contributed by atoms with Crippen LogP contribution >= 0.6 is 0 Å². The van der Waals surface area contributed by atoms with E-state index in [0.717, 1.165) is 48.4 Å². The zero-order valence-electron chi connectivity index (χ0n) is 19.4. The van der Waals surface area contributed by atoms with Crippen LogP contribution in [0.4, 0.5) is 17.3 Å². The second-order valence-electron chi connectivity index (χ2n) is 8.24. The molecule has 0 bridgehead atoms. The fourth-order valence-electron chi connectivity index (χ4n) is 4.03. The number of hydrogen-bond acceptors (Lipinski definition) is 7. The van der Waals surface area contributed by atoms with Gasteiger partial charge in [-0.2, -0.15) is 5.26 Å². The van der Waals surface area contributed by atoms with Crippen molar-refractivity contribution >= 4 is 23.2 Å². The molecule has 174 valence electrons. The Morgan fingerprint density at radius 3 is 2.50 bits per heavy atom. The lowest BCUT2D eigenvalue weighted by atomic mass is 10.1. The smallest absolute Gasteiger partial charge is 0.252 e. The minimum Gasteiger partial charge on any atom is -0.381 e. The van der Waals surface area contributed by atoms with Crippen molar-refractivity contribution in [3.63, 3.8) is 0 Å². The number of methoxy groups -OCH3 is 1. The van der Waals surface area contributed by atoms with Gasteiger partial charge in [0.1, 0.15) is 6.54 Å². The van der Waals surface area contributed by atoms with Crippen LogP contribution < -0.4 is 15.5 Å². The highest BCUT2D eigenvalue weighted by Gasteiger charge is 2.18. The molecule has 0 spiro atoms. The van der Waals surface area contributed by atoms with Gasteiger partial charge in [0.2, 0.25) is 5.95 Å². The van der Waals surface area contributed by atoms with E-state index < -0.39 is 0 Å². The number of nitrogens with zero attached hydrogens (tertiary/aromatic N) is 4. The Kier molecular flexibility index (Phi) is 7.35. The first-order chi connectivity index (χ1) is 16.6. The van der Waals surface area contributed by atoms with Gasteiger partial charge < -0.3 is 20.3 Å². The monoisotopic (exact) mass is 456 g/mol. The summed E-state index contributed by atoms with van der Waals surface area (Å²) < 4.78 is 5.46. The summed E-state index contributed by atoms with van der Waals surface area (Å²) in [6, 6.07) is 17.3. The van der Waals surface area contributed by atoms with Crippen LogP contribution in [0.1, 0.15) is 28.8 Å². The van der Waals surface area contributed by atoms with Crippen LogP contribution in [-0.2, 0) is 4.74 Å². The molecule has 1 aromatic heterocycles. The van der Waals surface area contributed by atoms with E-state index in [0.29, 0.717) is 17.6 Å². The molecular formula is C26H28N6O2. The van der Waals surface area contributed by atoms with Gasteiger partial charge in [0.25, 0.3) is 5.91 Å². The number of anilines is 3. The van der Waals surface area contributed by atoms with Crippen LogP contribution in [0.3, 0.4) is 0 Å². The van der Waals surface area contributed by atoms with E-state index in [1.54, 1.807) is 25.4 Å². The summed E-state index contributed by atoms with van der Waals surface area (Å²) in [4.78, 5) is 23.5. The lowest BCUT2D eigenvalue weighted by molar-refractivity contribution is 0.0819. The van der Waals surface area contributed by atoms with Crippen molar-refractivity contribution in [2.24, 2.45) is 0 Å². The first-order valence-corrected chi connectivity index (χ1v) is 11.3. The van der Waals surface area contributed by atoms with Gasteiger partial charge in [0, 0.05) is 48.9 Å². The Balaban J connectivity index is 1.44. The van der Waals surface area contributed by atoms with Gasteiger partial charge in [-0.3, -0.25) is 4.79 Å². The van der Waals surface area contributed by atoms with Crippen LogP contribution in [0, 0.1) is 18.3 Å². The molecule has 0 radical (unpaired) electrons. The SMILES string of the molecule is COC1CCN(c2ccc(Nc3ncc(C)c(-c4ccc(C(=O)NCC#N)cc4)n3)cc2)CC1. The van der Waals surface area contributed by atoms with Crippen LogP contribution in [-0.4, -0.2) is 48.7 Å². The molecule has 0 atom stereocenters. The normalized spacial score (nSPS) is 13.9. The zero-order valence-corrected chi connectivity index (χ0v) is 19.4. The summed E-state index contributed by atoms with van der Waals surface area (Å²) in [7, 11) is 1.78. The lowest BCUT2D eigenvalue weighted by Gasteiger charge is -2.33. The van der Waals surface area contributed by atoms with Crippen molar-refractivity contribution in [1.29, 1.82) is 5.26 Å². The second-order valence-corrected chi connectivity index (χ2v) is 8.24. The maximum absolute atomic E-state index is 12.0. The minimum absolute atomic E-state index is 0.0199. The number of carbonyl (C=O) groups is 1. The number of hydrogen-bond donors (Lipinski definition) is 2. The highest BCUT2D eigenvalue weighted by molar-refractivity contribution is 5.94. The van der Waals surface area contributed by atoms with Crippen molar-refractivity contribution in [1.82, 2.24) is 15.3 Å². The third kappa shape index (κ3) is 5.50. The molecule has 0 saturated carbocycles. The summed E-state index contributed by atoms with van der Waals surface area (Å²) in [5.41, 5.74) is 5.21. The summed E-state index contributed by atoms with van der Waals surface area (Å²) in [5.74, 6) is 0.228. The molecule has 1 saturated heterocycles. The first kappa shape index (κ1) is 23.2. The maximum Gasteiger partial charge on any atom is 0.252 e. The molecule has 1 fully saturated rings. The Hall–Kier alpha value is -3.96. The predicted molar refractivity (Wildman–Crippen MR) is 132 cm³/mol. The fourth-order valence-corrected chi connectivity index (χ4v) is 4.03. The number of piperidine rings is 1. The second kappa shape index (κ2) is 10.8. The van der Waals surface area contributed by atoms with Crippen molar-refractivity contribution in [3.8, 4) is 17.3 Å². The van der Waals surface area contributed by atoms with Gasteiger partial charge in [-0.05, 0) is 61.7 Å². The van der Waals surface area contributed by atoms with Crippen molar-refractivity contribution in [2.75, 3.05) is 37.0 Å². The van der Waals surface area contributed by atoms with Crippen LogP contribution in [0.25, 0.3) is 11.3 Å². The van der Waals surface area contributed by atoms with Gasteiger partial charge in [-0.15, -0.1) is 0 Å². The summed E-state index contributed by atoms with van der Waals surface area (Å²) in [5, 5.41) is 14.4. The highest BCUT2D eigenvalue weighted by Crippen LogP contribution is 2.26. The van der Waals surface area contributed by atoms with E-state index in [1.807, 2.05) is 37.3 Å². The molecule has 1 aliphatic rings. The molecule has 0 aliphatic carbocycles. The molecule has 8 heteroatoms. The first-order valence-electron chi connectivity index (χ1n) is 11.3. The van der Waals surface area contributed by atoms with E-state index in [1.165, 1.54) is 5.69 Å². The minimum atomic E-state index is -0.277. The average molecular weight is 457 g/mol. The standard InChI is InChI=1S/C26H28N6O2/c1-18-17-29-26(31-24(18)19-3-5-20(6-4-19)25(33)28-14-13-27)30-21-7-9-22(10-8-21)32-15-11-23(34-2)12-16-32/h3-10,17,23H,11-12,14-16H2,1-2H3,(H,28,33)(H,29,30,31). The van der Waals surface area contributed by atoms with Crippen LogP contribution in [0.2, 0.25) is 0 Å². The molecule has 1 aliphatic heterocycles. The number of nitrogens with one attached hydrogen (secondary N) is 2. The van der Waals surface area contributed by atoms with E-state index in [4.69, 9.17) is 15.0 Å². The Labute approximate surface area is 199 Å². The number of carbonyl (C=O) groups excluding carboxylic acids is 1. The summed E-state index contributed by atoms with van der Waals surface area (Å²) in [6.07, 6.45) is 4.23. The fraction of sp³-hybridized carbons (Fsp3) is 0.308. The van der Waals surface area contributed by atoms with Crippen molar-refractivity contribution in [3.05, 3.63) is 65.9 Å². The average Bonchev–Trinajstić information content (AvgIpc) is 2.89. The Bertz CT molecular complexity index is 1160. The molecule has 1 amide bonds. The molecule has 3 aromatic rings. The zero-order chi connectivity index (χ0) is 23.9. The van der Waals surface area contributed by atoms with Crippen LogP contribution in [0.5, 0.6) is 0 Å². The molecule has 2 heterocycles. The summed E-state index contributed by atoms with van der Waals surface area (Å²) in [6.45, 7) is 3.92. The Morgan fingerprint density at radius 2 is 1.85 bits per heavy atom. The van der Waals surface area contributed by atoms with E-state index in [9.17, 15) is 4.79 Å². The lowest BCUT2D eigenvalue weighted by Crippen LogP contribution is -2.36. The molecule has 2 aromatic carbocycles. The third-order valence-electron chi connectivity index (χ3n) is 5.98. The molecule has 4 rings (SSSR count). The molecule has 34 heavy (non-hydrogen) atoms. The van der Waals surface area contributed by atoms with E-state index in [2.05, 4.69) is 32.7 Å².